The Morgan fingerprint density at radius 1 is 1.33 bits per heavy atom. The first-order valence-corrected chi connectivity index (χ1v) is 6.79. The van der Waals surface area contributed by atoms with Crippen molar-refractivity contribution in [1.82, 2.24) is 0 Å². The summed E-state index contributed by atoms with van der Waals surface area (Å²) in [5.41, 5.74) is -0.515. The van der Waals surface area contributed by atoms with E-state index in [-0.39, 0.29) is 5.75 Å². The highest BCUT2D eigenvalue weighted by molar-refractivity contribution is 5.91. The van der Waals surface area contributed by atoms with E-state index in [2.05, 4.69) is 13.0 Å². The van der Waals surface area contributed by atoms with Crippen molar-refractivity contribution in [3.63, 3.8) is 0 Å². The Labute approximate surface area is 122 Å². The molecule has 0 aliphatic rings. The molecule has 1 aromatic carbocycles. The molecule has 2 aromatic rings. The zero-order valence-corrected chi connectivity index (χ0v) is 12.1. The van der Waals surface area contributed by atoms with E-state index in [9.17, 15) is 9.90 Å². The molecule has 0 saturated carbocycles. The molecule has 0 aliphatic heterocycles. The number of fused-ring (bicyclic) bond motifs is 1. The smallest absolute Gasteiger partial charge is 0.382 e. The minimum Gasteiger partial charge on any atom is -0.499 e. The van der Waals surface area contributed by atoms with Crippen LogP contribution in [0.2, 0.25) is 0 Å². The average Bonchev–Trinajstić information content (AvgIpc) is 2.49. The molecule has 0 atom stereocenters. The highest BCUT2D eigenvalue weighted by atomic mass is 16.5. The van der Waals surface area contributed by atoms with Gasteiger partial charge in [0, 0.05) is 0 Å². The van der Waals surface area contributed by atoms with E-state index in [1.165, 1.54) is 7.11 Å². The van der Waals surface area contributed by atoms with Gasteiger partial charge >= 0.3 is 5.63 Å². The molecule has 1 N–H and O–H groups in total. The maximum Gasteiger partial charge on any atom is 0.382 e. The first-order valence-electron chi connectivity index (χ1n) is 6.79. The standard InChI is InChI=1S/C16H18O5/c1-3-4-5-6-10-20-11-8-7-9-12-13(11)15(19-2)14(17)16(18)21-12/h4-5,7-9,17H,3,6,10H2,1-2H3. The van der Waals surface area contributed by atoms with Crippen molar-refractivity contribution in [3.05, 3.63) is 40.8 Å². The fourth-order valence-electron chi connectivity index (χ4n) is 2.02. The molecule has 0 aliphatic carbocycles. The van der Waals surface area contributed by atoms with Crippen LogP contribution in [-0.2, 0) is 0 Å². The lowest BCUT2D eigenvalue weighted by atomic mass is 10.2. The van der Waals surface area contributed by atoms with Gasteiger partial charge < -0.3 is 19.0 Å². The fourth-order valence-corrected chi connectivity index (χ4v) is 2.02. The van der Waals surface area contributed by atoms with Crippen LogP contribution in [0.3, 0.4) is 0 Å². The average molecular weight is 290 g/mol. The normalized spacial score (nSPS) is 11.1. The van der Waals surface area contributed by atoms with Crippen LogP contribution in [-0.4, -0.2) is 18.8 Å². The molecule has 21 heavy (non-hydrogen) atoms. The number of hydrogen-bond donors (Lipinski definition) is 1. The molecule has 112 valence electrons. The van der Waals surface area contributed by atoms with Crippen molar-refractivity contribution in [2.45, 2.75) is 19.8 Å². The van der Waals surface area contributed by atoms with Crippen LogP contribution < -0.4 is 15.1 Å². The van der Waals surface area contributed by atoms with Crippen molar-refractivity contribution < 1.29 is 19.0 Å². The molecule has 2 rings (SSSR count). The van der Waals surface area contributed by atoms with E-state index < -0.39 is 11.4 Å². The summed E-state index contributed by atoms with van der Waals surface area (Å²) in [6.07, 6.45) is 5.87. The Kier molecular flexibility index (Phi) is 4.87. The lowest BCUT2D eigenvalue weighted by Crippen LogP contribution is -2.03. The molecule has 1 aromatic heterocycles. The maximum absolute atomic E-state index is 11.5. The van der Waals surface area contributed by atoms with Gasteiger partial charge in [-0.05, 0) is 25.0 Å². The van der Waals surface area contributed by atoms with Crippen molar-refractivity contribution in [2.75, 3.05) is 13.7 Å². The highest BCUT2D eigenvalue weighted by Crippen LogP contribution is 2.37. The van der Waals surface area contributed by atoms with Crippen LogP contribution in [0.5, 0.6) is 17.2 Å². The van der Waals surface area contributed by atoms with Gasteiger partial charge in [0.2, 0.25) is 5.75 Å². The van der Waals surface area contributed by atoms with Gasteiger partial charge in [-0.15, -0.1) is 0 Å². The van der Waals surface area contributed by atoms with E-state index in [1.54, 1.807) is 18.2 Å². The van der Waals surface area contributed by atoms with Gasteiger partial charge in [-0.1, -0.05) is 25.1 Å². The second-order valence-corrected chi connectivity index (χ2v) is 4.42. The molecule has 1 heterocycles. The molecule has 5 nitrogen and oxygen atoms in total. The summed E-state index contributed by atoms with van der Waals surface area (Å²) in [6.45, 7) is 2.55. The summed E-state index contributed by atoms with van der Waals surface area (Å²) in [7, 11) is 1.38. The molecular weight excluding hydrogens is 272 g/mol. The van der Waals surface area contributed by atoms with Crippen LogP contribution >= 0.6 is 0 Å². The van der Waals surface area contributed by atoms with Gasteiger partial charge in [0.05, 0.1) is 13.7 Å². The van der Waals surface area contributed by atoms with Gasteiger partial charge in [0.1, 0.15) is 16.7 Å². The summed E-state index contributed by atoms with van der Waals surface area (Å²) >= 11 is 0. The number of methoxy groups -OCH3 is 1. The van der Waals surface area contributed by atoms with Crippen LogP contribution in [0.4, 0.5) is 0 Å². The van der Waals surface area contributed by atoms with E-state index in [4.69, 9.17) is 13.9 Å². The molecule has 0 fully saturated rings. The number of hydrogen-bond acceptors (Lipinski definition) is 5. The lowest BCUT2D eigenvalue weighted by molar-refractivity contribution is 0.323. The molecule has 5 heteroatoms. The van der Waals surface area contributed by atoms with E-state index >= 15 is 0 Å². The Bertz CT molecular complexity index is 700. The fraction of sp³-hybridized carbons (Fsp3) is 0.312. The second-order valence-electron chi connectivity index (χ2n) is 4.42. The van der Waals surface area contributed by atoms with Gasteiger partial charge in [0.25, 0.3) is 0 Å². The molecule has 0 amide bonds. The minimum atomic E-state index is -0.831. The zero-order chi connectivity index (χ0) is 15.2. The largest absolute Gasteiger partial charge is 0.499 e. The second kappa shape index (κ2) is 6.83. The molecule has 0 bridgehead atoms. The number of benzene rings is 1. The zero-order valence-electron chi connectivity index (χ0n) is 12.1. The van der Waals surface area contributed by atoms with E-state index in [0.29, 0.717) is 23.3 Å². The summed E-state index contributed by atoms with van der Waals surface area (Å²) in [4.78, 5) is 11.5. The monoisotopic (exact) mass is 290 g/mol. The number of aromatic hydroxyl groups is 1. The quantitative estimate of drug-likeness (QED) is 0.502. The molecular formula is C16H18O5. The minimum absolute atomic E-state index is 0.0703. The van der Waals surface area contributed by atoms with Crippen LogP contribution in [0.1, 0.15) is 19.8 Å². The van der Waals surface area contributed by atoms with E-state index in [0.717, 1.165) is 12.8 Å². The van der Waals surface area contributed by atoms with Crippen molar-refractivity contribution in [3.8, 4) is 17.2 Å². The molecule has 0 saturated heterocycles. The third-order valence-electron chi connectivity index (χ3n) is 2.97. The first kappa shape index (κ1) is 15.0. The van der Waals surface area contributed by atoms with Gasteiger partial charge in [0.15, 0.2) is 5.75 Å². The molecule has 0 unspecified atom stereocenters. The van der Waals surface area contributed by atoms with Crippen LogP contribution in [0, 0.1) is 0 Å². The lowest BCUT2D eigenvalue weighted by Gasteiger charge is -2.11. The number of ether oxygens (including phenoxy) is 2. The third kappa shape index (κ3) is 3.18. The van der Waals surface area contributed by atoms with E-state index in [1.807, 2.05) is 6.08 Å². The Morgan fingerprint density at radius 3 is 2.86 bits per heavy atom. The topological polar surface area (TPSA) is 68.9 Å². The van der Waals surface area contributed by atoms with Crippen molar-refractivity contribution in [2.24, 2.45) is 0 Å². The molecule has 0 spiro atoms. The third-order valence-corrected chi connectivity index (χ3v) is 2.97. The highest BCUT2D eigenvalue weighted by Gasteiger charge is 2.18. The van der Waals surface area contributed by atoms with Crippen molar-refractivity contribution >= 4 is 11.0 Å². The SMILES string of the molecule is CCC=CCCOc1cccc2oc(=O)c(O)c(OC)c12. The number of rotatable bonds is 6. The summed E-state index contributed by atoms with van der Waals surface area (Å²) in [6, 6.07) is 5.09. The first-order chi connectivity index (χ1) is 10.2. The predicted molar refractivity (Wildman–Crippen MR) is 80.2 cm³/mol. The van der Waals surface area contributed by atoms with Crippen molar-refractivity contribution in [1.29, 1.82) is 0 Å². The summed E-state index contributed by atoms with van der Waals surface area (Å²) in [5, 5.41) is 10.2. The number of allylic oxidation sites excluding steroid dienone is 1. The van der Waals surface area contributed by atoms with Gasteiger partial charge in [-0.25, -0.2) is 4.79 Å². The summed E-state index contributed by atoms with van der Waals surface area (Å²) in [5.74, 6) is 0.0289. The Balaban J connectivity index is 2.38. The van der Waals surface area contributed by atoms with Gasteiger partial charge in [-0.2, -0.15) is 0 Å². The maximum atomic E-state index is 11.5. The predicted octanol–water partition coefficient (Wildman–Crippen LogP) is 3.24. The Morgan fingerprint density at radius 2 is 2.14 bits per heavy atom. The Hall–Kier alpha value is -2.43. The summed E-state index contributed by atoms with van der Waals surface area (Å²) < 4.78 is 15.9. The van der Waals surface area contributed by atoms with Crippen LogP contribution in [0.15, 0.2) is 39.6 Å². The van der Waals surface area contributed by atoms with Gasteiger partial charge in [-0.3, -0.25) is 0 Å². The van der Waals surface area contributed by atoms with Crippen LogP contribution in [0.25, 0.3) is 11.0 Å². The molecule has 0 radical (unpaired) electrons.